The topological polar surface area (TPSA) is 64.0 Å². The number of nitrogens with zero attached hydrogens (tertiary/aromatic N) is 2. The molecule has 4 atom stereocenters. The molecule has 2 N–H and O–H groups in total. The van der Waals surface area contributed by atoms with Crippen LogP contribution in [0.4, 0.5) is 4.79 Å². The Morgan fingerprint density at radius 1 is 0.875 bits per heavy atom. The summed E-state index contributed by atoms with van der Waals surface area (Å²) in [5.41, 5.74) is 2.12. The van der Waals surface area contributed by atoms with E-state index in [1.165, 1.54) is 0 Å². The largest absolute Gasteiger partial charge is 0.388 e. The van der Waals surface area contributed by atoms with E-state index in [0.29, 0.717) is 25.9 Å². The van der Waals surface area contributed by atoms with Crippen LogP contribution in [0.25, 0.3) is 0 Å². The number of aliphatic hydroxyl groups is 2. The molecule has 1 aromatic rings. The fourth-order valence-electron chi connectivity index (χ4n) is 4.90. The van der Waals surface area contributed by atoms with E-state index in [2.05, 4.69) is 45.9 Å². The molecule has 1 heterocycles. The summed E-state index contributed by atoms with van der Waals surface area (Å²) < 4.78 is 0. The molecular weight excluding hydrogens is 400 g/mol. The highest BCUT2D eigenvalue weighted by molar-refractivity contribution is 5.76. The van der Waals surface area contributed by atoms with Crippen molar-refractivity contribution in [2.75, 3.05) is 6.54 Å². The van der Waals surface area contributed by atoms with Crippen LogP contribution in [0.1, 0.15) is 58.9 Å². The highest BCUT2D eigenvalue weighted by Gasteiger charge is 2.46. The number of amides is 2. The first-order valence-electron chi connectivity index (χ1n) is 12.1. The molecule has 176 valence electrons. The summed E-state index contributed by atoms with van der Waals surface area (Å²) in [5, 5.41) is 22.7. The van der Waals surface area contributed by atoms with Crippen molar-refractivity contribution in [3.05, 3.63) is 59.7 Å². The van der Waals surface area contributed by atoms with Crippen LogP contribution in [-0.2, 0) is 6.54 Å². The van der Waals surface area contributed by atoms with Gasteiger partial charge in [0.15, 0.2) is 0 Å². The fraction of sp³-hybridized carbons (Fsp3) is 0.593. The van der Waals surface area contributed by atoms with Crippen LogP contribution < -0.4 is 0 Å². The van der Waals surface area contributed by atoms with Gasteiger partial charge in [-0.2, -0.15) is 0 Å². The molecule has 5 heteroatoms. The van der Waals surface area contributed by atoms with Gasteiger partial charge >= 0.3 is 6.03 Å². The van der Waals surface area contributed by atoms with Gasteiger partial charge in [-0.3, -0.25) is 0 Å². The van der Waals surface area contributed by atoms with E-state index in [9.17, 15) is 15.0 Å². The van der Waals surface area contributed by atoms with Crippen molar-refractivity contribution >= 4 is 6.03 Å². The summed E-state index contributed by atoms with van der Waals surface area (Å²) >= 11 is 0. The number of urea groups is 1. The Bertz CT molecular complexity index is 802. The number of hydrogen-bond donors (Lipinski definition) is 2. The van der Waals surface area contributed by atoms with Gasteiger partial charge in [0, 0.05) is 13.1 Å². The molecule has 1 saturated heterocycles. The summed E-state index contributed by atoms with van der Waals surface area (Å²) in [5.74, 6) is 0.573. The molecule has 1 aliphatic heterocycles. The predicted molar refractivity (Wildman–Crippen MR) is 129 cm³/mol. The molecule has 32 heavy (non-hydrogen) atoms. The average molecular weight is 441 g/mol. The van der Waals surface area contributed by atoms with Gasteiger partial charge in [0.05, 0.1) is 12.1 Å². The van der Waals surface area contributed by atoms with Crippen LogP contribution in [0.2, 0.25) is 0 Å². The normalized spacial score (nSPS) is 26.6. The van der Waals surface area contributed by atoms with E-state index in [1.54, 1.807) is 4.90 Å². The lowest BCUT2D eigenvalue weighted by Crippen LogP contribution is -2.50. The molecule has 5 nitrogen and oxygen atoms in total. The minimum absolute atomic E-state index is 0.0966. The molecule has 1 aliphatic carbocycles. The third-order valence-electron chi connectivity index (χ3n) is 6.48. The summed E-state index contributed by atoms with van der Waals surface area (Å²) in [6.45, 7) is 9.25. The van der Waals surface area contributed by atoms with Gasteiger partial charge in [-0.25, -0.2) is 4.79 Å². The Morgan fingerprint density at radius 3 is 1.94 bits per heavy atom. The van der Waals surface area contributed by atoms with E-state index >= 15 is 0 Å². The molecule has 2 aliphatic rings. The van der Waals surface area contributed by atoms with Crippen molar-refractivity contribution in [3.8, 4) is 0 Å². The molecule has 0 spiro atoms. The van der Waals surface area contributed by atoms with Crippen molar-refractivity contribution in [2.24, 2.45) is 11.8 Å². The highest BCUT2D eigenvalue weighted by atomic mass is 16.3. The number of aliphatic hydroxyl groups excluding tert-OH is 2. The van der Waals surface area contributed by atoms with Crippen LogP contribution in [0.5, 0.6) is 0 Å². The summed E-state index contributed by atoms with van der Waals surface area (Å²) in [4.78, 5) is 17.7. The lowest BCUT2D eigenvalue weighted by molar-refractivity contribution is -0.0470. The molecule has 0 saturated carbocycles. The molecule has 0 bridgehead atoms. The average Bonchev–Trinajstić information content (AvgIpc) is 2.82. The summed E-state index contributed by atoms with van der Waals surface area (Å²) in [6, 6.07) is 8.96. The number of hydrogen-bond acceptors (Lipinski definition) is 3. The van der Waals surface area contributed by atoms with Crippen LogP contribution in [0, 0.1) is 11.8 Å². The Morgan fingerprint density at radius 2 is 1.44 bits per heavy atom. The zero-order chi connectivity index (χ0) is 23.3. The maximum Gasteiger partial charge on any atom is 0.321 e. The smallest absolute Gasteiger partial charge is 0.321 e. The third-order valence-corrected chi connectivity index (χ3v) is 6.48. The second kappa shape index (κ2) is 11.2. The minimum Gasteiger partial charge on any atom is -0.388 e. The number of allylic oxidation sites excluding steroid dienone is 2. The van der Waals surface area contributed by atoms with Crippen molar-refractivity contribution in [1.82, 2.24) is 9.80 Å². The van der Waals surface area contributed by atoms with E-state index < -0.39 is 24.3 Å². The quantitative estimate of drug-likeness (QED) is 0.613. The molecule has 1 aromatic carbocycles. The maximum absolute atomic E-state index is 14.1. The third kappa shape index (κ3) is 6.02. The molecule has 3 rings (SSSR count). The predicted octanol–water partition coefficient (Wildman–Crippen LogP) is 4.75. The van der Waals surface area contributed by atoms with Gasteiger partial charge in [-0.1, -0.05) is 76.3 Å². The SMILES string of the molecule is CC(C)CC1C(O)C(O)C(CC(C)C)N(Cc2ccccc2)C(=O)N1CC1=CCCC=C1. The second-order valence-electron chi connectivity index (χ2n) is 10.2. The van der Waals surface area contributed by atoms with Crippen LogP contribution in [-0.4, -0.2) is 56.9 Å². The molecule has 0 radical (unpaired) electrons. The van der Waals surface area contributed by atoms with Crippen LogP contribution >= 0.6 is 0 Å². The number of rotatable bonds is 8. The number of carbonyl (C=O) groups is 1. The summed E-state index contributed by atoms with van der Waals surface area (Å²) in [6.07, 6.45) is 7.71. The molecule has 2 amide bonds. The van der Waals surface area contributed by atoms with Gasteiger partial charge < -0.3 is 20.0 Å². The molecular formula is C27H40N2O3. The Hall–Kier alpha value is -2.11. The Kier molecular flexibility index (Phi) is 8.55. The number of benzene rings is 1. The lowest BCUT2D eigenvalue weighted by atomic mass is 9.89. The van der Waals surface area contributed by atoms with Crippen molar-refractivity contribution in [3.63, 3.8) is 0 Å². The van der Waals surface area contributed by atoms with Crippen molar-refractivity contribution in [1.29, 1.82) is 0 Å². The van der Waals surface area contributed by atoms with E-state index in [4.69, 9.17) is 0 Å². The Labute approximate surface area is 193 Å². The van der Waals surface area contributed by atoms with Gasteiger partial charge in [0.25, 0.3) is 0 Å². The van der Waals surface area contributed by atoms with Gasteiger partial charge in [0.1, 0.15) is 12.2 Å². The first-order chi connectivity index (χ1) is 15.3. The zero-order valence-corrected chi connectivity index (χ0v) is 20.0. The second-order valence-corrected chi connectivity index (χ2v) is 10.2. The van der Waals surface area contributed by atoms with E-state index in [0.717, 1.165) is 24.0 Å². The van der Waals surface area contributed by atoms with Gasteiger partial charge in [-0.15, -0.1) is 0 Å². The minimum atomic E-state index is -0.991. The first-order valence-corrected chi connectivity index (χ1v) is 12.1. The van der Waals surface area contributed by atoms with Crippen LogP contribution in [0.15, 0.2) is 54.1 Å². The number of carbonyl (C=O) groups excluding carboxylic acids is 1. The zero-order valence-electron chi connectivity index (χ0n) is 20.0. The fourth-order valence-corrected chi connectivity index (χ4v) is 4.90. The Balaban J connectivity index is 2.02. The van der Waals surface area contributed by atoms with Crippen molar-refractivity contribution in [2.45, 2.75) is 84.2 Å². The van der Waals surface area contributed by atoms with E-state index in [-0.39, 0.29) is 17.9 Å². The molecule has 0 aromatic heterocycles. The van der Waals surface area contributed by atoms with Crippen LogP contribution in [0.3, 0.4) is 0 Å². The molecule has 4 unspecified atom stereocenters. The monoisotopic (exact) mass is 440 g/mol. The highest BCUT2D eigenvalue weighted by Crippen LogP contribution is 2.31. The first kappa shape index (κ1) is 24.5. The van der Waals surface area contributed by atoms with Gasteiger partial charge in [-0.05, 0) is 48.7 Å². The standard InChI is InChI=1S/C27H40N2O3/c1-19(2)15-23-25(30)26(31)24(16-20(3)4)29(18-22-13-9-6-10-14-22)27(32)28(23)17-21-11-7-5-8-12-21/h5,7-9,11-14,19-20,23-26,30-31H,6,10,15-18H2,1-4H3. The lowest BCUT2D eigenvalue weighted by Gasteiger charge is -2.36. The van der Waals surface area contributed by atoms with E-state index in [1.807, 2.05) is 35.2 Å². The maximum atomic E-state index is 14.1. The molecule has 1 fully saturated rings. The summed E-state index contributed by atoms with van der Waals surface area (Å²) in [7, 11) is 0. The van der Waals surface area contributed by atoms with Gasteiger partial charge in [0.2, 0.25) is 0 Å². The van der Waals surface area contributed by atoms with Crippen molar-refractivity contribution < 1.29 is 15.0 Å².